The molecule has 2 heteroatoms. The largest absolute Gasteiger partial charge is 0.252 e. The van der Waals surface area contributed by atoms with Gasteiger partial charge in [0.25, 0.3) is 0 Å². The van der Waals surface area contributed by atoms with Crippen molar-refractivity contribution < 1.29 is 4.39 Å². The van der Waals surface area contributed by atoms with Crippen molar-refractivity contribution >= 4 is 10.9 Å². The molecule has 1 heterocycles. The number of nitrogens with zero attached hydrogens (tertiary/aromatic N) is 1. The average Bonchev–Trinajstić information content (AvgIpc) is 2.15. The Hall–Kier alpha value is -1.44. The van der Waals surface area contributed by atoms with Crippen LogP contribution in [0.2, 0.25) is 0 Å². The average molecular weight is 217 g/mol. The lowest BCUT2D eigenvalue weighted by molar-refractivity contribution is 0.570. The number of hydrogen-bond donors (Lipinski definition) is 0. The highest BCUT2D eigenvalue weighted by Crippen LogP contribution is 2.25. The molecule has 2 aromatic rings. The number of benzene rings is 1. The highest BCUT2D eigenvalue weighted by atomic mass is 19.1. The van der Waals surface area contributed by atoms with Gasteiger partial charge in [0.1, 0.15) is 5.82 Å². The Morgan fingerprint density at radius 2 is 1.81 bits per heavy atom. The molecule has 2 rings (SSSR count). The summed E-state index contributed by atoms with van der Waals surface area (Å²) in [4.78, 5) is 4.53. The minimum Gasteiger partial charge on any atom is -0.252 e. The van der Waals surface area contributed by atoms with E-state index in [0.717, 1.165) is 22.2 Å². The zero-order valence-electron chi connectivity index (χ0n) is 10.1. The summed E-state index contributed by atoms with van der Waals surface area (Å²) < 4.78 is 13.2. The molecule has 16 heavy (non-hydrogen) atoms. The fourth-order valence-electron chi connectivity index (χ4n) is 1.76. The van der Waals surface area contributed by atoms with Crippen molar-refractivity contribution in [3.63, 3.8) is 0 Å². The Morgan fingerprint density at radius 3 is 2.44 bits per heavy atom. The number of halogens is 1. The van der Waals surface area contributed by atoms with Gasteiger partial charge in [-0.25, -0.2) is 4.39 Å². The quantitative estimate of drug-likeness (QED) is 0.650. The van der Waals surface area contributed by atoms with E-state index in [0.29, 0.717) is 0 Å². The Kier molecular flexibility index (Phi) is 2.45. The molecule has 0 amide bonds. The van der Waals surface area contributed by atoms with Crippen molar-refractivity contribution in [2.45, 2.75) is 33.1 Å². The summed E-state index contributed by atoms with van der Waals surface area (Å²) in [6.45, 7) is 8.37. The summed E-state index contributed by atoms with van der Waals surface area (Å²) in [6.07, 6.45) is 0. The molecule has 0 radical (unpaired) electrons. The predicted octanol–water partition coefficient (Wildman–Crippen LogP) is 3.98. The van der Waals surface area contributed by atoms with Crippen LogP contribution >= 0.6 is 0 Å². The van der Waals surface area contributed by atoms with Gasteiger partial charge in [0, 0.05) is 22.6 Å². The molecule has 1 aromatic carbocycles. The van der Waals surface area contributed by atoms with Crippen LogP contribution in [0.4, 0.5) is 4.39 Å². The number of aromatic nitrogens is 1. The van der Waals surface area contributed by atoms with E-state index in [1.165, 1.54) is 12.1 Å². The van der Waals surface area contributed by atoms with E-state index in [2.05, 4.69) is 31.8 Å². The van der Waals surface area contributed by atoms with E-state index in [4.69, 9.17) is 0 Å². The van der Waals surface area contributed by atoms with Gasteiger partial charge in [-0.1, -0.05) is 20.8 Å². The lowest BCUT2D eigenvalue weighted by Crippen LogP contribution is -2.13. The number of hydrogen-bond acceptors (Lipinski definition) is 1. The lowest BCUT2D eigenvalue weighted by atomic mass is 9.90. The zero-order valence-corrected chi connectivity index (χ0v) is 10.1. The van der Waals surface area contributed by atoms with Crippen LogP contribution in [0.5, 0.6) is 0 Å². The summed E-state index contributed by atoms with van der Waals surface area (Å²) in [7, 11) is 0. The minimum absolute atomic E-state index is 0.00866. The molecule has 0 bridgehead atoms. The Balaban J connectivity index is 2.75. The SMILES string of the molecule is Cc1cc(C(C)(C)C)nc2cc(F)ccc12. The summed E-state index contributed by atoms with van der Waals surface area (Å²) in [5.41, 5.74) is 2.88. The molecule has 1 aromatic heterocycles. The molecule has 0 aliphatic heterocycles. The molecule has 0 spiro atoms. The van der Waals surface area contributed by atoms with Gasteiger partial charge in [0.15, 0.2) is 0 Å². The second-order valence-corrected chi connectivity index (χ2v) is 5.24. The second kappa shape index (κ2) is 3.55. The van der Waals surface area contributed by atoms with Crippen LogP contribution in [0, 0.1) is 12.7 Å². The van der Waals surface area contributed by atoms with Crippen molar-refractivity contribution in [3.05, 3.63) is 41.3 Å². The first kappa shape index (κ1) is 11.1. The molecule has 0 unspecified atom stereocenters. The van der Waals surface area contributed by atoms with Crippen LogP contribution in [0.25, 0.3) is 10.9 Å². The third-order valence-electron chi connectivity index (χ3n) is 2.75. The molecule has 0 aliphatic carbocycles. The smallest absolute Gasteiger partial charge is 0.125 e. The van der Waals surface area contributed by atoms with Crippen LogP contribution in [0.1, 0.15) is 32.0 Å². The molecule has 0 aliphatic rings. The summed E-state index contributed by atoms with van der Waals surface area (Å²) >= 11 is 0. The molecular formula is C14H16FN. The molecule has 0 saturated heterocycles. The maximum absolute atomic E-state index is 13.2. The van der Waals surface area contributed by atoms with Crippen LogP contribution in [-0.4, -0.2) is 4.98 Å². The van der Waals surface area contributed by atoms with Gasteiger partial charge in [-0.2, -0.15) is 0 Å². The topological polar surface area (TPSA) is 12.9 Å². The van der Waals surface area contributed by atoms with Crippen molar-refractivity contribution in [3.8, 4) is 0 Å². The fourth-order valence-corrected chi connectivity index (χ4v) is 1.76. The normalized spacial score (nSPS) is 12.1. The van der Waals surface area contributed by atoms with Crippen LogP contribution < -0.4 is 0 Å². The number of fused-ring (bicyclic) bond motifs is 1. The first-order valence-corrected chi connectivity index (χ1v) is 5.45. The Bertz CT molecular complexity index is 538. The molecule has 1 nitrogen and oxygen atoms in total. The van der Waals surface area contributed by atoms with Gasteiger partial charge < -0.3 is 0 Å². The van der Waals surface area contributed by atoms with E-state index in [-0.39, 0.29) is 11.2 Å². The van der Waals surface area contributed by atoms with Gasteiger partial charge in [0.05, 0.1) is 5.52 Å². The molecule has 0 N–H and O–H groups in total. The van der Waals surface area contributed by atoms with Crippen molar-refractivity contribution in [2.24, 2.45) is 0 Å². The summed E-state index contributed by atoms with van der Waals surface area (Å²) in [6, 6.07) is 6.85. The monoisotopic (exact) mass is 217 g/mol. The summed E-state index contributed by atoms with van der Waals surface area (Å²) in [5, 5.41) is 1.02. The van der Waals surface area contributed by atoms with Crippen LogP contribution in [-0.2, 0) is 5.41 Å². The van der Waals surface area contributed by atoms with E-state index >= 15 is 0 Å². The van der Waals surface area contributed by atoms with E-state index in [1.807, 2.05) is 6.92 Å². The van der Waals surface area contributed by atoms with Gasteiger partial charge >= 0.3 is 0 Å². The van der Waals surface area contributed by atoms with Crippen molar-refractivity contribution in [1.29, 1.82) is 0 Å². The van der Waals surface area contributed by atoms with Gasteiger partial charge in [0.2, 0.25) is 0 Å². The lowest BCUT2D eigenvalue weighted by Gasteiger charge is -2.19. The van der Waals surface area contributed by atoms with E-state index < -0.39 is 0 Å². The van der Waals surface area contributed by atoms with Crippen molar-refractivity contribution in [1.82, 2.24) is 4.98 Å². The molecule has 0 fully saturated rings. The first-order valence-electron chi connectivity index (χ1n) is 5.45. The third kappa shape index (κ3) is 1.92. The first-order chi connectivity index (χ1) is 7.38. The fraction of sp³-hybridized carbons (Fsp3) is 0.357. The molecule has 0 atom stereocenters. The second-order valence-electron chi connectivity index (χ2n) is 5.24. The van der Waals surface area contributed by atoms with Crippen LogP contribution in [0.15, 0.2) is 24.3 Å². The van der Waals surface area contributed by atoms with E-state index in [9.17, 15) is 4.39 Å². The predicted molar refractivity (Wildman–Crippen MR) is 65.1 cm³/mol. The van der Waals surface area contributed by atoms with Crippen LogP contribution in [0.3, 0.4) is 0 Å². The maximum atomic E-state index is 13.2. The van der Waals surface area contributed by atoms with Crippen molar-refractivity contribution in [2.75, 3.05) is 0 Å². The van der Waals surface area contributed by atoms with Gasteiger partial charge in [-0.3, -0.25) is 4.98 Å². The molecule has 0 saturated carbocycles. The highest BCUT2D eigenvalue weighted by molar-refractivity contribution is 5.82. The van der Waals surface area contributed by atoms with Gasteiger partial charge in [-0.15, -0.1) is 0 Å². The zero-order chi connectivity index (χ0) is 11.9. The maximum Gasteiger partial charge on any atom is 0.125 e. The molecule has 84 valence electrons. The third-order valence-corrected chi connectivity index (χ3v) is 2.75. The number of aryl methyl sites for hydroxylation is 1. The highest BCUT2D eigenvalue weighted by Gasteiger charge is 2.16. The summed E-state index contributed by atoms with van der Waals surface area (Å²) in [5.74, 6) is -0.231. The van der Waals surface area contributed by atoms with E-state index in [1.54, 1.807) is 6.07 Å². The number of rotatable bonds is 0. The Labute approximate surface area is 95.3 Å². The standard InChI is InChI=1S/C14H16FN/c1-9-7-13(14(2,3)4)16-12-8-10(15)5-6-11(9)12/h5-8H,1-4H3. The Morgan fingerprint density at radius 1 is 1.12 bits per heavy atom. The number of pyridine rings is 1. The molecular weight excluding hydrogens is 201 g/mol. The van der Waals surface area contributed by atoms with Gasteiger partial charge in [-0.05, 0) is 30.7 Å². The minimum atomic E-state index is -0.231.